The van der Waals surface area contributed by atoms with Crippen LogP contribution in [0.15, 0.2) is 18.2 Å². The number of carbonyl (C=O) groups is 2. The van der Waals surface area contributed by atoms with E-state index in [4.69, 9.17) is 5.11 Å². The summed E-state index contributed by atoms with van der Waals surface area (Å²) in [7, 11) is 0. The first-order valence-electron chi connectivity index (χ1n) is 6.64. The summed E-state index contributed by atoms with van der Waals surface area (Å²) in [5.74, 6) is -1.13. The van der Waals surface area contributed by atoms with Crippen molar-refractivity contribution in [1.29, 1.82) is 0 Å². The van der Waals surface area contributed by atoms with Gasteiger partial charge in [0.1, 0.15) is 5.82 Å². The molecule has 1 saturated carbocycles. The Morgan fingerprint density at radius 3 is 2.70 bits per heavy atom. The van der Waals surface area contributed by atoms with Gasteiger partial charge in [0.05, 0.1) is 11.3 Å². The molecule has 1 aromatic carbocycles. The standard InChI is InChI=1S/C14H17FN2O3/c15-10-4-5-11(13(18)19)12(8-10)17-14(20)16-7-6-9-2-1-3-9/h4-5,8-9H,1-3,6-7H2,(H,18,19)(H2,16,17,20). The summed E-state index contributed by atoms with van der Waals surface area (Å²) in [6.07, 6.45) is 4.58. The maximum absolute atomic E-state index is 13.1. The fourth-order valence-corrected chi connectivity index (χ4v) is 2.14. The molecule has 1 aliphatic rings. The minimum absolute atomic E-state index is 0.0429. The monoisotopic (exact) mass is 280 g/mol. The Hall–Kier alpha value is -2.11. The molecule has 0 unspecified atom stereocenters. The van der Waals surface area contributed by atoms with Gasteiger partial charge in [-0.3, -0.25) is 0 Å². The van der Waals surface area contributed by atoms with E-state index in [1.54, 1.807) is 0 Å². The van der Waals surface area contributed by atoms with E-state index in [0.29, 0.717) is 12.5 Å². The number of rotatable bonds is 5. The number of nitrogens with one attached hydrogen (secondary N) is 2. The van der Waals surface area contributed by atoms with Crippen molar-refractivity contribution in [3.05, 3.63) is 29.6 Å². The molecule has 0 saturated heterocycles. The summed E-state index contributed by atoms with van der Waals surface area (Å²) in [6.45, 7) is 0.536. The SMILES string of the molecule is O=C(NCCC1CCC1)Nc1cc(F)ccc1C(=O)O. The molecule has 2 amide bonds. The predicted octanol–water partition coefficient (Wildman–Crippen LogP) is 2.84. The van der Waals surface area contributed by atoms with Gasteiger partial charge in [-0.05, 0) is 30.5 Å². The van der Waals surface area contributed by atoms with E-state index < -0.39 is 17.8 Å². The summed E-state index contributed by atoms with van der Waals surface area (Å²) < 4.78 is 13.1. The molecule has 0 bridgehead atoms. The number of hydrogen-bond acceptors (Lipinski definition) is 2. The number of urea groups is 1. The van der Waals surface area contributed by atoms with Gasteiger partial charge in [0.15, 0.2) is 0 Å². The van der Waals surface area contributed by atoms with Crippen molar-refractivity contribution in [1.82, 2.24) is 5.32 Å². The van der Waals surface area contributed by atoms with Gasteiger partial charge >= 0.3 is 12.0 Å². The molecule has 0 aromatic heterocycles. The van der Waals surface area contributed by atoms with Crippen molar-refractivity contribution in [3.63, 3.8) is 0 Å². The first-order chi connectivity index (χ1) is 9.56. The summed E-state index contributed by atoms with van der Waals surface area (Å²) >= 11 is 0. The van der Waals surface area contributed by atoms with Crippen molar-refractivity contribution in [2.24, 2.45) is 5.92 Å². The topological polar surface area (TPSA) is 78.4 Å². The van der Waals surface area contributed by atoms with Crippen LogP contribution in [0, 0.1) is 11.7 Å². The Balaban J connectivity index is 1.89. The second-order valence-electron chi connectivity index (χ2n) is 4.96. The van der Waals surface area contributed by atoms with E-state index in [9.17, 15) is 14.0 Å². The van der Waals surface area contributed by atoms with Gasteiger partial charge in [-0.1, -0.05) is 19.3 Å². The second kappa shape index (κ2) is 6.36. The number of aromatic carboxylic acids is 1. The average Bonchev–Trinajstić information content (AvgIpc) is 2.32. The van der Waals surface area contributed by atoms with Crippen LogP contribution in [0.3, 0.4) is 0 Å². The van der Waals surface area contributed by atoms with Gasteiger partial charge in [0.2, 0.25) is 0 Å². The number of amides is 2. The fraction of sp³-hybridized carbons (Fsp3) is 0.429. The van der Waals surface area contributed by atoms with Crippen LogP contribution in [0.5, 0.6) is 0 Å². The van der Waals surface area contributed by atoms with Gasteiger partial charge in [0.25, 0.3) is 0 Å². The second-order valence-corrected chi connectivity index (χ2v) is 4.96. The van der Waals surface area contributed by atoms with Gasteiger partial charge in [0, 0.05) is 6.54 Å². The highest BCUT2D eigenvalue weighted by Gasteiger charge is 2.17. The molecule has 6 heteroatoms. The number of carbonyl (C=O) groups excluding carboxylic acids is 1. The Bertz CT molecular complexity index is 515. The number of hydrogen-bond donors (Lipinski definition) is 3. The molecule has 0 heterocycles. The van der Waals surface area contributed by atoms with Crippen molar-refractivity contribution < 1.29 is 19.1 Å². The lowest BCUT2D eigenvalue weighted by molar-refractivity contribution is 0.0698. The lowest BCUT2D eigenvalue weighted by Crippen LogP contribution is -2.31. The lowest BCUT2D eigenvalue weighted by Gasteiger charge is -2.25. The van der Waals surface area contributed by atoms with E-state index in [-0.39, 0.29) is 11.3 Å². The van der Waals surface area contributed by atoms with Gasteiger partial charge in [-0.15, -0.1) is 0 Å². The van der Waals surface area contributed by atoms with E-state index >= 15 is 0 Å². The number of halogens is 1. The van der Waals surface area contributed by atoms with Crippen LogP contribution in [-0.2, 0) is 0 Å². The van der Waals surface area contributed by atoms with Gasteiger partial charge in [-0.25, -0.2) is 14.0 Å². The molecule has 0 radical (unpaired) electrons. The highest BCUT2D eigenvalue weighted by Crippen LogP contribution is 2.28. The number of benzene rings is 1. The van der Waals surface area contributed by atoms with Gasteiger partial charge in [-0.2, -0.15) is 0 Å². The summed E-state index contributed by atoms with van der Waals surface area (Å²) in [4.78, 5) is 22.6. The van der Waals surface area contributed by atoms with Crippen LogP contribution >= 0.6 is 0 Å². The van der Waals surface area contributed by atoms with Crippen molar-refractivity contribution in [2.75, 3.05) is 11.9 Å². The van der Waals surface area contributed by atoms with E-state index in [0.717, 1.165) is 24.6 Å². The Morgan fingerprint density at radius 1 is 1.35 bits per heavy atom. The summed E-state index contributed by atoms with van der Waals surface area (Å²) in [5.41, 5.74) is -0.181. The van der Waals surface area contributed by atoms with Crippen molar-refractivity contribution >= 4 is 17.7 Å². The zero-order valence-corrected chi connectivity index (χ0v) is 11.0. The normalized spacial score (nSPS) is 14.4. The first-order valence-corrected chi connectivity index (χ1v) is 6.64. The van der Waals surface area contributed by atoms with E-state index in [1.807, 2.05) is 0 Å². The van der Waals surface area contributed by atoms with Crippen LogP contribution < -0.4 is 10.6 Å². The Morgan fingerprint density at radius 2 is 2.10 bits per heavy atom. The van der Waals surface area contributed by atoms with Crippen LogP contribution in [0.2, 0.25) is 0 Å². The molecule has 0 aliphatic heterocycles. The van der Waals surface area contributed by atoms with Gasteiger partial charge < -0.3 is 15.7 Å². The average molecular weight is 280 g/mol. The highest BCUT2D eigenvalue weighted by molar-refractivity contribution is 5.99. The smallest absolute Gasteiger partial charge is 0.337 e. The zero-order valence-electron chi connectivity index (χ0n) is 11.0. The largest absolute Gasteiger partial charge is 0.478 e. The molecule has 2 rings (SSSR count). The number of anilines is 1. The predicted molar refractivity (Wildman–Crippen MR) is 72.3 cm³/mol. The van der Waals surface area contributed by atoms with Crippen molar-refractivity contribution in [2.45, 2.75) is 25.7 Å². The molecule has 1 aliphatic carbocycles. The van der Waals surface area contributed by atoms with E-state index in [1.165, 1.54) is 19.3 Å². The van der Waals surface area contributed by atoms with Crippen LogP contribution in [-0.4, -0.2) is 23.7 Å². The third kappa shape index (κ3) is 3.69. The lowest BCUT2D eigenvalue weighted by atomic mass is 9.83. The molecule has 0 spiro atoms. The number of carboxylic acid groups (broad SMARTS) is 1. The molecule has 5 nitrogen and oxygen atoms in total. The Kier molecular flexibility index (Phi) is 4.55. The molecular formula is C14H17FN2O3. The first kappa shape index (κ1) is 14.3. The third-order valence-electron chi connectivity index (χ3n) is 3.52. The molecule has 0 atom stereocenters. The molecule has 1 aromatic rings. The maximum Gasteiger partial charge on any atom is 0.337 e. The van der Waals surface area contributed by atoms with Crippen LogP contribution in [0.25, 0.3) is 0 Å². The quantitative estimate of drug-likeness (QED) is 0.776. The van der Waals surface area contributed by atoms with Crippen LogP contribution in [0.4, 0.5) is 14.9 Å². The number of carboxylic acids is 1. The summed E-state index contributed by atoms with van der Waals surface area (Å²) in [6, 6.07) is 2.65. The molecule has 3 N–H and O–H groups in total. The minimum atomic E-state index is -1.21. The molecular weight excluding hydrogens is 263 g/mol. The zero-order chi connectivity index (χ0) is 14.5. The fourth-order valence-electron chi connectivity index (χ4n) is 2.14. The molecule has 20 heavy (non-hydrogen) atoms. The molecule has 1 fully saturated rings. The highest BCUT2D eigenvalue weighted by atomic mass is 19.1. The third-order valence-corrected chi connectivity index (χ3v) is 3.52. The van der Waals surface area contributed by atoms with Crippen LogP contribution in [0.1, 0.15) is 36.0 Å². The van der Waals surface area contributed by atoms with E-state index in [2.05, 4.69) is 10.6 Å². The Labute approximate surface area is 116 Å². The summed E-state index contributed by atoms with van der Waals surface area (Å²) in [5, 5.41) is 14.0. The maximum atomic E-state index is 13.1. The minimum Gasteiger partial charge on any atom is -0.478 e. The van der Waals surface area contributed by atoms with Crippen molar-refractivity contribution in [3.8, 4) is 0 Å². The molecule has 108 valence electrons.